The largest absolute Gasteiger partial charge is 0.489 e. The van der Waals surface area contributed by atoms with Crippen molar-refractivity contribution in [2.45, 2.75) is 6.18 Å². The minimum atomic E-state index is -4.85. The number of halogens is 5. The fourth-order valence-corrected chi connectivity index (χ4v) is 1.19. The molecule has 4 nitrogen and oxygen atoms in total. The van der Waals surface area contributed by atoms with E-state index in [4.69, 9.17) is 10.9 Å². The Morgan fingerprint density at radius 2 is 2.00 bits per heavy atom. The Kier molecular flexibility index (Phi) is 4.52. The normalized spacial score (nSPS) is 14.3. The van der Waals surface area contributed by atoms with Gasteiger partial charge in [0.15, 0.2) is 17.4 Å². The molecule has 0 radical (unpaired) electrons. The molecule has 3 N–H and O–H groups in total. The van der Waals surface area contributed by atoms with E-state index in [1.54, 1.807) is 0 Å². The highest BCUT2D eigenvalue weighted by molar-refractivity contribution is 5.83. The fraction of sp³-hybridized carbons (Fsp3) is 0.300. The molecule has 0 aliphatic carbocycles. The number of oxime groups is 1. The lowest BCUT2D eigenvalue weighted by Crippen LogP contribution is -2.40. The van der Waals surface area contributed by atoms with Crippen molar-refractivity contribution in [2.75, 3.05) is 6.61 Å². The smallest absolute Gasteiger partial charge is 0.402 e. The van der Waals surface area contributed by atoms with Gasteiger partial charge in [0.05, 0.1) is 0 Å². The van der Waals surface area contributed by atoms with Crippen LogP contribution in [0.4, 0.5) is 22.0 Å². The molecule has 0 aliphatic heterocycles. The van der Waals surface area contributed by atoms with Gasteiger partial charge in [-0.3, -0.25) is 0 Å². The predicted molar refractivity (Wildman–Crippen MR) is 54.8 cm³/mol. The Morgan fingerprint density at radius 1 is 1.37 bits per heavy atom. The Bertz CT molecular complexity index is 475. The number of ether oxygens (including phenoxy) is 1. The van der Waals surface area contributed by atoms with Crippen LogP contribution in [-0.2, 0) is 0 Å². The summed E-state index contributed by atoms with van der Waals surface area (Å²) in [6, 6.07) is 2.81. The zero-order valence-corrected chi connectivity index (χ0v) is 9.29. The van der Waals surface area contributed by atoms with Crippen molar-refractivity contribution < 1.29 is 31.9 Å². The molecule has 19 heavy (non-hydrogen) atoms. The number of nitrogens with two attached hydrogens (primary N) is 1. The second-order valence-corrected chi connectivity index (χ2v) is 3.48. The Balaban J connectivity index is 2.86. The first-order valence-electron chi connectivity index (χ1n) is 4.88. The standard InChI is InChI=1S/C10H9F5N2O2/c11-6-2-1-3-7(8(6)12)19-4-5(9(16)17-18)10(13,14)15/h1-3,5,18H,4H2,(H2,16,17). The number of amidine groups is 1. The lowest BCUT2D eigenvalue weighted by Gasteiger charge is -2.19. The summed E-state index contributed by atoms with van der Waals surface area (Å²) < 4.78 is 68.0. The predicted octanol–water partition coefficient (Wildman–Crippen LogP) is 2.27. The molecule has 0 aliphatic rings. The molecule has 0 fully saturated rings. The van der Waals surface area contributed by atoms with E-state index in [1.165, 1.54) is 0 Å². The van der Waals surface area contributed by atoms with Crippen LogP contribution in [0, 0.1) is 17.6 Å². The molecular weight excluding hydrogens is 275 g/mol. The zero-order chi connectivity index (χ0) is 14.6. The van der Waals surface area contributed by atoms with E-state index in [9.17, 15) is 22.0 Å². The third kappa shape index (κ3) is 3.70. The van der Waals surface area contributed by atoms with Crippen LogP contribution >= 0.6 is 0 Å². The van der Waals surface area contributed by atoms with Crippen molar-refractivity contribution in [3.8, 4) is 5.75 Å². The van der Waals surface area contributed by atoms with Crippen molar-refractivity contribution in [1.29, 1.82) is 0 Å². The SMILES string of the molecule is N/C(=N/O)C(COc1cccc(F)c1F)C(F)(F)F. The van der Waals surface area contributed by atoms with Crippen molar-refractivity contribution in [3.63, 3.8) is 0 Å². The lowest BCUT2D eigenvalue weighted by molar-refractivity contribution is -0.162. The quantitative estimate of drug-likeness (QED) is 0.293. The second-order valence-electron chi connectivity index (χ2n) is 3.48. The van der Waals surface area contributed by atoms with Gasteiger partial charge in [-0.25, -0.2) is 4.39 Å². The van der Waals surface area contributed by atoms with Gasteiger partial charge in [-0.05, 0) is 12.1 Å². The number of hydrogen-bond donors (Lipinski definition) is 2. The molecular formula is C10H9F5N2O2. The van der Waals surface area contributed by atoms with Crippen LogP contribution in [0.3, 0.4) is 0 Å². The summed E-state index contributed by atoms with van der Waals surface area (Å²) in [7, 11) is 0. The highest BCUT2D eigenvalue weighted by Crippen LogP contribution is 2.28. The molecule has 0 amide bonds. The summed E-state index contributed by atoms with van der Waals surface area (Å²) in [4.78, 5) is 0. The van der Waals surface area contributed by atoms with Gasteiger partial charge in [0.1, 0.15) is 12.5 Å². The van der Waals surface area contributed by atoms with Crippen LogP contribution < -0.4 is 10.5 Å². The third-order valence-electron chi connectivity index (χ3n) is 2.19. The summed E-state index contributed by atoms with van der Waals surface area (Å²) in [5, 5.41) is 10.5. The first kappa shape index (κ1) is 15.0. The van der Waals surface area contributed by atoms with Crippen molar-refractivity contribution in [2.24, 2.45) is 16.8 Å². The Hall–Kier alpha value is -2.06. The second kappa shape index (κ2) is 5.72. The molecule has 0 spiro atoms. The van der Waals surface area contributed by atoms with Gasteiger partial charge in [0.2, 0.25) is 5.82 Å². The molecule has 1 unspecified atom stereocenters. The van der Waals surface area contributed by atoms with Crippen LogP contribution in [0.1, 0.15) is 0 Å². The molecule has 106 valence electrons. The first-order valence-corrected chi connectivity index (χ1v) is 4.88. The molecule has 0 saturated carbocycles. The van der Waals surface area contributed by atoms with E-state index < -0.39 is 41.9 Å². The molecule has 0 bridgehead atoms. The summed E-state index contributed by atoms with van der Waals surface area (Å²) in [5.74, 6) is -6.93. The van der Waals surface area contributed by atoms with Gasteiger partial charge in [0.25, 0.3) is 0 Å². The summed E-state index contributed by atoms with van der Waals surface area (Å²) in [6.45, 7) is -1.14. The van der Waals surface area contributed by atoms with Crippen LogP contribution in [-0.4, -0.2) is 23.8 Å². The number of alkyl halides is 3. The van der Waals surface area contributed by atoms with Gasteiger partial charge in [-0.15, -0.1) is 0 Å². The molecule has 1 atom stereocenters. The van der Waals surface area contributed by atoms with Gasteiger partial charge in [-0.2, -0.15) is 17.6 Å². The Morgan fingerprint density at radius 3 is 2.53 bits per heavy atom. The maximum Gasteiger partial charge on any atom is 0.402 e. The topological polar surface area (TPSA) is 67.8 Å². The average Bonchev–Trinajstić information content (AvgIpc) is 2.32. The van der Waals surface area contributed by atoms with Crippen LogP contribution in [0.5, 0.6) is 5.75 Å². The highest BCUT2D eigenvalue weighted by Gasteiger charge is 2.43. The lowest BCUT2D eigenvalue weighted by atomic mass is 10.1. The highest BCUT2D eigenvalue weighted by atomic mass is 19.4. The van der Waals surface area contributed by atoms with Crippen LogP contribution in [0.2, 0.25) is 0 Å². The van der Waals surface area contributed by atoms with Gasteiger partial charge in [-0.1, -0.05) is 11.2 Å². The summed E-state index contributed by atoms with van der Waals surface area (Å²) in [5.41, 5.74) is 4.87. The summed E-state index contributed by atoms with van der Waals surface area (Å²) >= 11 is 0. The molecule has 9 heteroatoms. The zero-order valence-electron chi connectivity index (χ0n) is 9.29. The maximum atomic E-state index is 13.1. The minimum absolute atomic E-state index is 0.694. The van der Waals surface area contributed by atoms with Crippen molar-refractivity contribution in [3.05, 3.63) is 29.8 Å². The van der Waals surface area contributed by atoms with Gasteiger partial charge >= 0.3 is 6.18 Å². The molecule has 1 rings (SSSR count). The maximum absolute atomic E-state index is 13.1. The first-order chi connectivity index (χ1) is 8.77. The van der Waals surface area contributed by atoms with E-state index in [0.29, 0.717) is 0 Å². The van der Waals surface area contributed by atoms with Gasteiger partial charge in [0, 0.05) is 0 Å². The van der Waals surface area contributed by atoms with Gasteiger partial charge < -0.3 is 15.7 Å². The van der Waals surface area contributed by atoms with E-state index in [2.05, 4.69) is 9.89 Å². The monoisotopic (exact) mass is 284 g/mol. The van der Waals surface area contributed by atoms with Crippen LogP contribution in [0.25, 0.3) is 0 Å². The fourth-order valence-electron chi connectivity index (χ4n) is 1.19. The number of rotatable bonds is 4. The Labute approximate surface area is 104 Å². The molecule has 0 heterocycles. The van der Waals surface area contributed by atoms with E-state index in [-0.39, 0.29) is 0 Å². The van der Waals surface area contributed by atoms with E-state index >= 15 is 0 Å². The molecule has 1 aromatic carbocycles. The molecule has 0 aromatic heterocycles. The average molecular weight is 284 g/mol. The van der Waals surface area contributed by atoms with E-state index in [1.807, 2.05) is 0 Å². The molecule has 1 aromatic rings. The van der Waals surface area contributed by atoms with Crippen molar-refractivity contribution >= 4 is 5.84 Å². The van der Waals surface area contributed by atoms with Crippen molar-refractivity contribution in [1.82, 2.24) is 0 Å². The number of hydrogen-bond acceptors (Lipinski definition) is 3. The van der Waals surface area contributed by atoms with E-state index in [0.717, 1.165) is 18.2 Å². The minimum Gasteiger partial charge on any atom is -0.489 e. The number of benzene rings is 1. The van der Waals surface area contributed by atoms with Crippen LogP contribution in [0.15, 0.2) is 23.4 Å². The molecule has 0 saturated heterocycles. The summed E-state index contributed by atoms with van der Waals surface area (Å²) in [6.07, 6.45) is -4.85. The number of nitrogens with zero attached hydrogens (tertiary/aromatic N) is 1. The third-order valence-corrected chi connectivity index (χ3v) is 2.19.